The second kappa shape index (κ2) is 10.1. The maximum absolute atomic E-state index is 6.19. The molecule has 6 nitrogen and oxygen atoms in total. The molecule has 6 heteroatoms. The van der Waals surface area contributed by atoms with Gasteiger partial charge in [-0.1, -0.05) is 12.1 Å². The number of nitrogens with zero attached hydrogens (tertiary/aromatic N) is 3. The molecule has 0 N–H and O–H groups in total. The lowest BCUT2D eigenvalue weighted by atomic mass is 10.0. The maximum atomic E-state index is 6.19. The minimum Gasteiger partial charge on any atom is -0.465 e. The summed E-state index contributed by atoms with van der Waals surface area (Å²) in [7, 11) is 9.65. The lowest BCUT2D eigenvalue weighted by Crippen LogP contribution is -2.20. The molecule has 1 unspecified atom stereocenters. The van der Waals surface area contributed by atoms with Gasteiger partial charge in [0.1, 0.15) is 11.9 Å². The van der Waals surface area contributed by atoms with Crippen molar-refractivity contribution in [3.63, 3.8) is 0 Å². The predicted octanol–water partition coefficient (Wildman–Crippen LogP) is 2.80. The molecule has 142 valence electrons. The molecule has 26 heavy (non-hydrogen) atoms. The van der Waals surface area contributed by atoms with E-state index in [1.54, 1.807) is 13.3 Å². The third kappa shape index (κ3) is 5.69. The van der Waals surface area contributed by atoms with Crippen LogP contribution in [0, 0.1) is 0 Å². The zero-order chi connectivity index (χ0) is 18.9. The Hall–Kier alpha value is -2.15. The van der Waals surface area contributed by atoms with E-state index >= 15 is 0 Å². The molecule has 1 heterocycles. The number of rotatable bonds is 10. The van der Waals surface area contributed by atoms with Crippen LogP contribution in [0.2, 0.25) is 0 Å². The van der Waals surface area contributed by atoms with Crippen LogP contribution in [0.15, 0.2) is 42.6 Å². The van der Waals surface area contributed by atoms with E-state index in [0.717, 1.165) is 29.2 Å². The van der Waals surface area contributed by atoms with Crippen LogP contribution < -0.4 is 9.64 Å². The molecule has 0 aliphatic rings. The minimum atomic E-state index is -0.230. The van der Waals surface area contributed by atoms with Crippen molar-refractivity contribution in [2.24, 2.45) is 0 Å². The van der Waals surface area contributed by atoms with Crippen LogP contribution in [0.1, 0.15) is 17.4 Å². The van der Waals surface area contributed by atoms with Crippen LogP contribution in [-0.2, 0) is 9.47 Å². The molecule has 0 spiro atoms. The van der Waals surface area contributed by atoms with Gasteiger partial charge in [0.15, 0.2) is 6.79 Å². The summed E-state index contributed by atoms with van der Waals surface area (Å²) in [4.78, 5) is 8.61. The Morgan fingerprint density at radius 3 is 2.50 bits per heavy atom. The highest BCUT2D eigenvalue weighted by Crippen LogP contribution is 2.33. The molecule has 2 rings (SSSR count). The molecule has 0 fully saturated rings. The van der Waals surface area contributed by atoms with Gasteiger partial charge in [-0.25, -0.2) is 0 Å². The van der Waals surface area contributed by atoms with Crippen LogP contribution in [0.25, 0.3) is 0 Å². The van der Waals surface area contributed by atoms with Crippen LogP contribution in [0.5, 0.6) is 5.75 Å². The standard InChI is InChI=1S/C20H29N3O3/c1-22(2)12-13-25-20(17-8-6-7-11-21-17)16-9-10-19(26-15-24-5)18(14-16)23(3)4/h6-11,14,20H,12-13,15H2,1-5H3. The van der Waals surface area contributed by atoms with E-state index in [1.165, 1.54) is 0 Å². The first-order valence-corrected chi connectivity index (χ1v) is 8.63. The average molecular weight is 359 g/mol. The van der Waals surface area contributed by atoms with Gasteiger partial charge in [0.25, 0.3) is 0 Å². The minimum absolute atomic E-state index is 0.211. The monoisotopic (exact) mass is 359 g/mol. The zero-order valence-electron chi connectivity index (χ0n) is 16.3. The number of hydrogen-bond acceptors (Lipinski definition) is 6. The van der Waals surface area contributed by atoms with Gasteiger partial charge < -0.3 is 24.0 Å². The van der Waals surface area contributed by atoms with E-state index in [0.29, 0.717) is 6.61 Å². The first kappa shape index (κ1) is 20.2. The van der Waals surface area contributed by atoms with E-state index in [9.17, 15) is 0 Å². The highest BCUT2D eigenvalue weighted by atomic mass is 16.7. The molecule has 0 bridgehead atoms. The highest BCUT2D eigenvalue weighted by molar-refractivity contribution is 5.60. The number of aromatic nitrogens is 1. The number of anilines is 1. The number of methoxy groups -OCH3 is 1. The highest BCUT2D eigenvalue weighted by Gasteiger charge is 2.19. The molecule has 1 aromatic carbocycles. The molecule has 0 radical (unpaired) electrons. The number of hydrogen-bond donors (Lipinski definition) is 0. The number of pyridine rings is 1. The molecular weight excluding hydrogens is 330 g/mol. The Balaban J connectivity index is 2.32. The molecule has 0 saturated carbocycles. The Kier molecular flexibility index (Phi) is 7.84. The fourth-order valence-corrected chi connectivity index (χ4v) is 2.53. The Morgan fingerprint density at radius 1 is 1.08 bits per heavy atom. The third-order valence-corrected chi connectivity index (χ3v) is 3.88. The number of likely N-dealkylation sites (N-methyl/N-ethyl adjacent to an activating group) is 1. The van der Waals surface area contributed by atoms with Crippen molar-refractivity contribution in [1.29, 1.82) is 0 Å². The van der Waals surface area contributed by atoms with Crippen molar-refractivity contribution < 1.29 is 14.2 Å². The van der Waals surface area contributed by atoms with E-state index in [4.69, 9.17) is 14.2 Å². The van der Waals surface area contributed by atoms with Crippen molar-refractivity contribution in [1.82, 2.24) is 9.88 Å². The van der Waals surface area contributed by atoms with Crippen LogP contribution in [-0.4, -0.2) is 65.1 Å². The smallest absolute Gasteiger partial charge is 0.188 e. The predicted molar refractivity (Wildman–Crippen MR) is 104 cm³/mol. The lowest BCUT2D eigenvalue weighted by Gasteiger charge is -2.23. The van der Waals surface area contributed by atoms with Gasteiger partial charge in [0.05, 0.1) is 18.0 Å². The number of benzene rings is 1. The Labute approximate surface area is 156 Å². The summed E-state index contributed by atoms with van der Waals surface area (Å²) in [6.45, 7) is 1.68. The molecule has 0 aliphatic heterocycles. The van der Waals surface area contributed by atoms with Gasteiger partial charge in [-0.2, -0.15) is 0 Å². The summed E-state index contributed by atoms with van der Waals surface area (Å²) < 4.78 is 16.9. The van der Waals surface area contributed by atoms with E-state index in [2.05, 4.69) is 16.0 Å². The second-order valence-corrected chi connectivity index (χ2v) is 6.48. The van der Waals surface area contributed by atoms with Gasteiger partial charge in [0.2, 0.25) is 0 Å². The Morgan fingerprint density at radius 2 is 1.88 bits per heavy atom. The fourth-order valence-electron chi connectivity index (χ4n) is 2.53. The summed E-state index contributed by atoms with van der Waals surface area (Å²) in [5, 5.41) is 0. The lowest BCUT2D eigenvalue weighted by molar-refractivity contribution is 0.0512. The second-order valence-electron chi connectivity index (χ2n) is 6.48. The van der Waals surface area contributed by atoms with Gasteiger partial charge >= 0.3 is 0 Å². The molecule has 0 saturated heterocycles. The average Bonchev–Trinajstić information content (AvgIpc) is 2.64. The summed E-state index contributed by atoms with van der Waals surface area (Å²) in [5.74, 6) is 0.772. The topological polar surface area (TPSA) is 47.1 Å². The first-order chi connectivity index (χ1) is 12.5. The van der Waals surface area contributed by atoms with Crippen LogP contribution in [0.3, 0.4) is 0 Å². The Bertz CT molecular complexity index is 663. The molecule has 2 aromatic rings. The molecular formula is C20H29N3O3. The normalized spacial score (nSPS) is 12.2. The van der Waals surface area contributed by atoms with E-state index in [1.807, 2.05) is 63.4 Å². The first-order valence-electron chi connectivity index (χ1n) is 8.63. The SMILES string of the molecule is COCOc1ccc(C(OCCN(C)C)c2ccccn2)cc1N(C)C. The molecule has 1 atom stereocenters. The maximum Gasteiger partial charge on any atom is 0.188 e. The van der Waals surface area contributed by atoms with E-state index in [-0.39, 0.29) is 12.9 Å². The van der Waals surface area contributed by atoms with Crippen molar-refractivity contribution in [3.8, 4) is 5.75 Å². The van der Waals surface area contributed by atoms with Crippen LogP contribution in [0.4, 0.5) is 5.69 Å². The van der Waals surface area contributed by atoms with Crippen molar-refractivity contribution in [2.75, 3.05) is 60.1 Å². The van der Waals surface area contributed by atoms with Gasteiger partial charge in [-0.15, -0.1) is 0 Å². The third-order valence-electron chi connectivity index (χ3n) is 3.88. The summed E-state index contributed by atoms with van der Waals surface area (Å²) in [6, 6.07) is 11.9. The number of ether oxygens (including phenoxy) is 3. The molecule has 0 aliphatic carbocycles. The van der Waals surface area contributed by atoms with Crippen molar-refractivity contribution >= 4 is 5.69 Å². The van der Waals surface area contributed by atoms with Crippen molar-refractivity contribution in [3.05, 3.63) is 53.9 Å². The van der Waals surface area contributed by atoms with Crippen LogP contribution >= 0.6 is 0 Å². The quantitative estimate of drug-likeness (QED) is 0.608. The summed E-state index contributed by atoms with van der Waals surface area (Å²) in [6.07, 6.45) is 1.56. The molecule has 0 amide bonds. The van der Waals surface area contributed by atoms with Gasteiger partial charge in [0, 0.05) is 33.9 Å². The van der Waals surface area contributed by atoms with E-state index < -0.39 is 0 Å². The van der Waals surface area contributed by atoms with Gasteiger partial charge in [-0.3, -0.25) is 4.98 Å². The van der Waals surface area contributed by atoms with Crippen molar-refractivity contribution in [2.45, 2.75) is 6.10 Å². The summed E-state index contributed by atoms with van der Waals surface area (Å²) in [5.41, 5.74) is 2.90. The molecule has 1 aromatic heterocycles. The largest absolute Gasteiger partial charge is 0.465 e. The summed E-state index contributed by atoms with van der Waals surface area (Å²) >= 11 is 0. The van der Waals surface area contributed by atoms with Gasteiger partial charge in [-0.05, 0) is 43.9 Å². The zero-order valence-corrected chi connectivity index (χ0v) is 16.3. The fraction of sp³-hybridized carbons (Fsp3) is 0.450.